The maximum atomic E-state index is 5.26. The molecule has 0 bridgehead atoms. The molecule has 0 aliphatic heterocycles. The first-order valence-electron chi connectivity index (χ1n) is 5.15. The van der Waals surface area contributed by atoms with Gasteiger partial charge in [-0.1, -0.05) is 6.92 Å². The first kappa shape index (κ1) is 10.6. The van der Waals surface area contributed by atoms with E-state index in [0.717, 1.165) is 23.6 Å². The molecule has 16 heavy (non-hydrogen) atoms. The molecule has 2 aromatic rings. The van der Waals surface area contributed by atoms with Crippen LogP contribution in [-0.2, 0) is 13.5 Å². The van der Waals surface area contributed by atoms with Gasteiger partial charge in [-0.25, -0.2) is 4.68 Å². The number of hydrogen-bond donors (Lipinski definition) is 0. The molecule has 0 saturated carbocycles. The summed E-state index contributed by atoms with van der Waals surface area (Å²) in [7, 11) is 3.48. The fraction of sp³-hybridized carbons (Fsp3) is 0.364. The van der Waals surface area contributed by atoms with Crippen molar-refractivity contribution in [3.63, 3.8) is 0 Å². The van der Waals surface area contributed by atoms with Crippen molar-refractivity contribution in [1.29, 1.82) is 0 Å². The van der Waals surface area contributed by atoms with Crippen molar-refractivity contribution in [2.75, 3.05) is 7.11 Å². The molecule has 0 aliphatic carbocycles. The molecule has 0 amide bonds. The SMILES string of the molecule is CCc1cc(OC)cc(-c2nnnn2C)c1. The van der Waals surface area contributed by atoms with Gasteiger partial charge in [-0.3, -0.25) is 0 Å². The normalized spacial score (nSPS) is 10.4. The number of methoxy groups -OCH3 is 1. The topological polar surface area (TPSA) is 52.8 Å². The molecule has 1 aromatic heterocycles. The largest absolute Gasteiger partial charge is 0.497 e. The van der Waals surface area contributed by atoms with Gasteiger partial charge in [0.25, 0.3) is 0 Å². The van der Waals surface area contributed by atoms with Crippen LogP contribution in [0.5, 0.6) is 5.75 Å². The van der Waals surface area contributed by atoms with Crippen LogP contribution in [0.1, 0.15) is 12.5 Å². The number of benzene rings is 1. The number of ether oxygens (including phenoxy) is 1. The van der Waals surface area contributed by atoms with Gasteiger partial charge in [-0.15, -0.1) is 5.10 Å². The summed E-state index contributed by atoms with van der Waals surface area (Å²) in [5.41, 5.74) is 2.18. The number of tetrazole rings is 1. The van der Waals surface area contributed by atoms with Gasteiger partial charge in [0.15, 0.2) is 5.82 Å². The molecule has 0 saturated heterocycles. The predicted octanol–water partition coefficient (Wildman–Crippen LogP) is 1.45. The monoisotopic (exact) mass is 218 g/mol. The summed E-state index contributed by atoms with van der Waals surface area (Å²) in [5.74, 6) is 1.57. The number of aryl methyl sites for hydroxylation is 2. The van der Waals surface area contributed by atoms with Gasteiger partial charge in [0.05, 0.1) is 7.11 Å². The molecule has 5 nitrogen and oxygen atoms in total. The Labute approximate surface area is 94.0 Å². The highest BCUT2D eigenvalue weighted by Crippen LogP contribution is 2.24. The van der Waals surface area contributed by atoms with Crippen LogP contribution in [0.25, 0.3) is 11.4 Å². The maximum absolute atomic E-state index is 5.26. The molecule has 0 unspecified atom stereocenters. The van der Waals surface area contributed by atoms with E-state index in [1.54, 1.807) is 11.8 Å². The molecule has 0 atom stereocenters. The predicted molar refractivity (Wildman–Crippen MR) is 60.2 cm³/mol. The molecule has 0 N–H and O–H groups in total. The third kappa shape index (κ3) is 1.88. The molecule has 0 radical (unpaired) electrons. The van der Waals surface area contributed by atoms with Crippen molar-refractivity contribution in [2.24, 2.45) is 7.05 Å². The fourth-order valence-corrected chi connectivity index (χ4v) is 1.59. The molecule has 84 valence electrons. The minimum atomic E-state index is 0.744. The zero-order chi connectivity index (χ0) is 11.5. The van der Waals surface area contributed by atoms with E-state index in [9.17, 15) is 0 Å². The number of hydrogen-bond acceptors (Lipinski definition) is 4. The molecule has 0 fully saturated rings. The first-order valence-corrected chi connectivity index (χ1v) is 5.15. The van der Waals surface area contributed by atoms with Crippen LogP contribution in [0.15, 0.2) is 18.2 Å². The average molecular weight is 218 g/mol. The Balaban J connectivity index is 2.52. The quantitative estimate of drug-likeness (QED) is 0.782. The van der Waals surface area contributed by atoms with E-state index in [0.29, 0.717) is 0 Å². The van der Waals surface area contributed by atoms with Crippen LogP contribution >= 0.6 is 0 Å². The van der Waals surface area contributed by atoms with Gasteiger partial charge < -0.3 is 4.74 Å². The highest BCUT2D eigenvalue weighted by atomic mass is 16.5. The summed E-state index contributed by atoms with van der Waals surface area (Å²) in [6, 6.07) is 6.03. The fourth-order valence-electron chi connectivity index (χ4n) is 1.59. The maximum Gasteiger partial charge on any atom is 0.181 e. The second-order valence-electron chi connectivity index (χ2n) is 3.55. The molecule has 0 spiro atoms. The second-order valence-corrected chi connectivity index (χ2v) is 3.55. The van der Waals surface area contributed by atoms with Crippen molar-refractivity contribution in [3.8, 4) is 17.1 Å². The summed E-state index contributed by atoms with van der Waals surface area (Å²) >= 11 is 0. The van der Waals surface area contributed by atoms with E-state index in [1.807, 2.05) is 19.2 Å². The van der Waals surface area contributed by atoms with Gasteiger partial charge >= 0.3 is 0 Å². The van der Waals surface area contributed by atoms with Gasteiger partial charge in [0, 0.05) is 12.6 Å². The van der Waals surface area contributed by atoms with E-state index in [2.05, 4.69) is 28.5 Å². The van der Waals surface area contributed by atoms with Gasteiger partial charge in [0.1, 0.15) is 5.75 Å². The van der Waals surface area contributed by atoms with E-state index >= 15 is 0 Å². The second kappa shape index (κ2) is 4.30. The van der Waals surface area contributed by atoms with Gasteiger partial charge in [0.2, 0.25) is 0 Å². The minimum absolute atomic E-state index is 0.744. The van der Waals surface area contributed by atoms with Gasteiger partial charge in [-0.2, -0.15) is 0 Å². The number of aromatic nitrogens is 4. The summed E-state index contributed by atoms with van der Waals surface area (Å²) in [4.78, 5) is 0. The molecule has 0 aliphatic rings. The number of rotatable bonds is 3. The van der Waals surface area contributed by atoms with Crippen LogP contribution in [0, 0.1) is 0 Å². The molecule has 5 heteroatoms. The van der Waals surface area contributed by atoms with Crippen molar-refractivity contribution in [2.45, 2.75) is 13.3 Å². The third-order valence-electron chi connectivity index (χ3n) is 2.49. The Kier molecular flexibility index (Phi) is 2.85. The minimum Gasteiger partial charge on any atom is -0.497 e. The Morgan fingerprint density at radius 2 is 2.12 bits per heavy atom. The van der Waals surface area contributed by atoms with Crippen LogP contribution in [0.2, 0.25) is 0 Å². The van der Waals surface area contributed by atoms with Crippen molar-refractivity contribution in [1.82, 2.24) is 20.2 Å². The van der Waals surface area contributed by atoms with Crippen LogP contribution in [0.3, 0.4) is 0 Å². The summed E-state index contributed by atoms with van der Waals surface area (Å²) < 4.78 is 6.90. The average Bonchev–Trinajstić information content (AvgIpc) is 2.74. The third-order valence-corrected chi connectivity index (χ3v) is 2.49. The highest BCUT2D eigenvalue weighted by Gasteiger charge is 2.08. The van der Waals surface area contributed by atoms with Crippen LogP contribution in [-0.4, -0.2) is 27.3 Å². The highest BCUT2D eigenvalue weighted by molar-refractivity contribution is 5.59. The Morgan fingerprint density at radius 1 is 1.31 bits per heavy atom. The molecule has 1 heterocycles. The Morgan fingerprint density at radius 3 is 2.69 bits per heavy atom. The van der Waals surface area contributed by atoms with Crippen LogP contribution in [0.4, 0.5) is 0 Å². The van der Waals surface area contributed by atoms with E-state index < -0.39 is 0 Å². The smallest absolute Gasteiger partial charge is 0.181 e. The Bertz CT molecular complexity index is 470. The lowest BCUT2D eigenvalue weighted by molar-refractivity contribution is 0.414. The van der Waals surface area contributed by atoms with E-state index in [4.69, 9.17) is 4.74 Å². The van der Waals surface area contributed by atoms with Crippen molar-refractivity contribution >= 4 is 0 Å². The van der Waals surface area contributed by atoms with Gasteiger partial charge in [-0.05, 0) is 40.6 Å². The zero-order valence-electron chi connectivity index (χ0n) is 9.64. The summed E-state index contributed by atoms with van der Waals surface area (Å²) in [6.07, 6.45) is 0.954. The standard InChI is InChI=1S/C11H14N4O/c1-4-8-5-9(7-10(6-8)16-3)11-12-13-14-15(11)2/h5-7H,4H2,1-3H3. The number of nitrogens with zero attached hydrogens (tertiary/aromatic N) is 4. The molecule has 1 aromatic carbocycles. The lowest BCUT2D eigenvalue weighted by atomic mass is 10.1. The molecule has 2 rings (SSSR count). The summed E-state index contributed by atoms with van der Waals surface area (Å²) in [5, 5.41) is 11.4. The zero-order valence-corrected chi connectivity index (χ0v) is 9.64. The lowest BCUT2D eigenvalue weighted by Crippen LogP contribution is -1.96. The van der Waals surface area contributed by atoms with E-state index in [1.165, 1.54) is 5.56 Å². The van der Waals surface area contributed by atoms with Crippen molar-refractivity contribution < 1.29 is 4.74 Å². The first-order chi connectivity index (χ1) is 7.74. The molecular weight excluding hydrogens is 204 g/mol. The summed E-state index contributed by atoms with van der Waals surface area (Å²) in [6.45, 7) is 2.10. The van der Waals surface area contributed by atoms with E-state index in [-0.39, 0.29) is 0 Å². The lowest BCUT2D eigenvalue weighted by Gasteiger charge is -2.06. The Hall–Kier alpha value is -1.91. The van der Waals surface area contributed by atoms with Crippen LogP contribution < -0.4 is 4.74 Å². The molecular formula is C11H14N4O. The van der Waals surface area contributed by atoms with Crippen molar-refractivity contribution in [3.05, 3.63) is 23.8 Å².